The Morgan fingerprint density at radius 1 is 1.26 bits per heavy atom. The zero-order chi connectivity index (χ0) is 13.8. The lowest BCUT2D eigenvalue weighted by Gasteiger charge is -2.14. The van der Waals surface area contributed by atoms with Gasteiger partial charge in [0.2, 0.25) is 11.8 Å². The highest BCUT2D eigenvalue weighted by molar-refractivity contribution is 14.1. The van der Waals surface area contributed by atoms with Crippen molar-refractivity contribution >= 4 is 22.6 Å². The van der Waals surface area contributed by atoms with Gasteiger partial charge < -0.3 is 14.6 Å². The van der Waals surface area contributed by atoms with Gasteiger partial charge in [0.25, 0.3) is 0 Å². The molecular formula is C13H13IN2O3. The zero-order valence-corrected chi connectivity index (χ0v) is 12.7. The van der Waals surface area contributed by atoms with Gasteiger partial charge in [-0.1, -0.05) is 12.1 Å². The van der Waals surface area contributed by atoms with Gasteiger partial charge in [-0.3, -0.25) is 0 Å². The van der Waals surface area contributed by atoms with Crippen LogP contribution in [0.2, 0.25) is 0 Å². The summed E-state index contributed by atoms with van der Waals surface area (Å²) in [6, 6.07) is 7.55. The first-order valence-corrected chi connectivity index (χ1v) is 6.62. The van der Waals surface area contributed by atoms with Gasteiger partial charge >= 0.3 is 0 Å². The third-order valence-electron chi connectivity index (χ3n) is 2.57. The summed E-state index contributed by atoms with van der Waals surface area (Å²) in [5, 5.41) is 10.4. The Kier molecular flexibility index (Phi) is 4.54. The summed E-state index contributed by atoms with van der Waals surface area (Å²) in [7, 11) is 2.98. The zero-order valence-electron chi connectivity index (χ0n) is 10.5. The van der Waals surface area contributed by atoms with Gasteiger partial charge in [-0.15, -0.1) is 0 Å². The Morgan fingerprint density at radius 3 is 2.68 bits per heavy atom. The van der Waals surface area contributed by atoms with E-state index < -0.39 is 6.10 Å². The highest BCUT2D eigenvalue weighted by atomic mass is 127. The Morgan fingerprint density at radius 2 is 2.05 bits per heavy atom. The molecule has 0 saturated carbocycles. The molecule has 0 aliphatic carbocycles. The number of methoxy groups -OCH3 is 2. The van der Waals surface area contributed by atoms with Crippen LogP contribution in [0.25, 0.3) is 0 Å². The predicted molar refractivity (Wildman–Crippen MR) is 78.4 cm³/mol. The number of hydrogen-bond acceptors (Lipinski definition) is 5. The van der Waals surface area contributed by atoms with Crippen molar-refractivity contribution in [1.82, 2.24) is 9.97 Å². The molecule has 0 saturated heterocycles. The van der Waals surface area contributed by atoms with Crippen LogP contribution < -0.4 is 9.47 Å². The third-order valence-corrected chi connectivity index (χ3v) is 3.24. The first kappa shape index (κ1) is 14.0. The molecule has 2 rings (SSSR count). The fourth-order valence-electron chi connectivity index (χ4n) is 1.64. The number of halogens is 1. The predicted octanol–water partition coefficient (Wildman–Crippen LogP) is 2.18. The second kappa shape index (κ2) is 6.16. The van der Waals surface area contributed by atoms with Crippen LogP contribution in [0.3, 0.4) is 0 Å². The molecule has 0 aliphatic rings. The molecule has 19 heavy (non-hydrogen) atoms. The maximum absolute atomic E-state index is 10.4. The number of aromatic nitrogens is 2. The monoisotopic (exact) mass is 372 g/mol. The van der Waals surface area contributed by atoms with Crippen molar-refractivity contribution < 1.29 is 14.6 Å². The van der Waals surface area contributed by atoms with E-state index in [1.165, 1.54) is 20.4 Å². The summed E-state index contributed by atoms with van der Waals surface area (Å²) in [6.07, 6.45) is 0.567. The molecule has 0 amide bonds. The Hall–Kier alpha value is -1.41. The van der Waals surface area contributed by atoms with Crippen LogP contribution >= 0.6 is 22.6 Å². The molecule has 0 radical (unpaired) electrons. The number of nitrogens with zero attached hydrogens (tertiary/aromatic N) is 2. The van der Waals surface area contributed by atoms with Gasteiger partial charge in [0.1, 0.15) is 11.8 Å². The van der Waals surface area contributed by atoms with E-state index in [4.69, 9.17) is 9.47 Å². The smallest absolute Gasteiger partial charge is 0.241 e. The molecule has 0 spiro atoms. The fraction of sp³-hybridized carbons (Fsp3) is 0.231. The topological polar surface area (TPSA) is 64.5 Å². The molecule has 2 aromatic rings. The molecule has 1 aromatic heterocycles. The minimum Gasteiger partial charge on any atom is -0.480 e. The SMILES string of the molecule is COc1cnc(C(O)c2cccc(I)c2)c(OC)n1. The molecule has 0 fully saturated rings. The summed E-state index contributed by atoms with van der Waals surface area (Å²) in [4.78, 5) is 8.27. The van der Waals surface area contributed by atoms with Crippen molar-refractivity contribution in [2.75, 3.05) is 14.2 Å². The molecule has 5 nitrogen and oxygen atoms in total. The lowest BCUT2D eigenvalue weighted by Crippen LogP contribution is -2.07. The van der Waals surface area contributed by atoms with E-state index in [-0.39, 0.29) is 5.88 Å². The van der Waals surface area contributed by atoms with Crippen LogP contribution in [0.15, 0.2) is 30.5 Å². The van der Waals surface area contributed by atoms with Crippen molar-refractivity contribution in [2.24, 2.45) is 0 Å². The Bertz CT molecular complexity index is 578. The molecule has 0 aliphatic heterocycles. The second-order valence-corrected chi connectivity index (χ2v) is 5.01. The molecule has 1 aromatic carbocycles. The summed E-state index contributed by atoms with van der Waals surface area (Å²) in [6.45, 7) is 0. The lowest BCUT2D eigenvalue weighted by atomic mass is 10.1. The average Bonchev–Trinajstić information content (AvgIpc) is 2.45. The van der Waals surface area contributed by atoms with Gasteiger partial charge in [-0.05, 0) is 40.3 Å². The molecular weight excluding hydrogens is 359 g/mol. The maximum Gasteiger partial charge on any atom is 0.241 e. The fourth-order valence-corrected chi connectivity index (χ4v) is 2.20. The normalized spacial score (nSPS) is 12.0. The highest BCUT2D eigenvalue weighted by Gasteiger charge is 2.19. The van der Waals surface area contributed by atoms with Crippen molar-refractivity contribution in [3.8, 4) is 11.8 Å². The summed E-state index contributed by atoms with van der Waals surface area (Å²) >= 11 is 2.19. The van der Waals surface area contributed by atoms with Gasteiger partial charge in [0.05, 0.1) is 20.4 Å². The van der Waals surface area contributed by atoms with Crippen LogP contribution in [-0.4, -0.2) is 29.3 Å². The van der Waals surface area contributed by atoms with E-state index in [2.05, 4.69) is 32.6 Å². The van der Waals surface area contributed by atoms with Crippen molar-refractivity contribution in [2.45, 2.75) is 6.10 Å². The lowest BCUT2D eigenvalue weighted by molar-refractivity contribution is 0.206. The molecule has 0 bridgehead atoms. The van der Waals surface area contributed by atoms with Gasteiger partial charge in [-0.2, -0.15) is 4.98 Å². The molecule has 1 atom stereocenters. The van der Waals surface area contributed by atoms with Crippen LogP contribution in [0.1, 0.15) is 17.4 Å². The van der Waals surface area contributed by atoms with E-state index in [1.807, 2.05) is 24.3 Å². The van der Waals surface area contributed by atoms with E-state index in [1.54, 1.807) is 0 Å². The number of ether oxygens (including phenoxy) is 2. The van der Waals surface area contributed by atoms with E-state index in [9.17, 15) is 5.11 Å². The van der Waals surface area contributed by atoms with Gasteiger partial charge in [0, 0.05) is 3.57 Å². The van der Waals surface area contributed by atoms with Crippen molar-refractivity contribution in [3.05, 3.63) is 45.3 Å². The van der Waals surface area contributed by atoms with Crippen molar-refractivity contribution in [1.29, 1.82) is 0 Å². The van der Waals surface area contributed by atoms with Crippen LogP contribution in [-0.2, 0) is 0 Å². The summed E-state index contributed by atoms with van der Waals surface area (Å²) < 4.78 is 11.2. The van der Waals surface area contributed by atoms with Gasteiger partial charge in [0.15, 0.2) is 0 Å². The maximum atomic E-state index is 10.4. The molecule has 1 heterocycles. The molecule has 1 N–H and O–H groups in total. The van der Waals surface area contributed by atoms with Crippen molar-refractivity contribution in [3.63, 3.8) is 0 Å². The minimum atomic E-state index is -0.886. The van der Waals surface area contributed by atoms with E-state index >= 15 is 0 Å². The van der Waals surface area contributed by atoms with Crippen LogP contribution in [0, 0.1) is 3.57 Å². The Balaban J connectivity index is 2.40. The molecule has 6 heteroatoms. The first-order valence-electron chi connectivity index (χ1n) is 5.54. The molecule has 1 unspecified atom stereocenters. The number of rotatable bonds is 4. The number of aliphatic hydroxyl groups excluding tert-OH is 1. The summed E-state index contributed by atoms with van der Waals surface area (Å²) in [5.41, 5.74) is 1.11. The standard InChI is InChI=1S/C13H13IN2O3/c1-18-10-7-15-11(13(16-10)19-2)12(17)8-4-3-5-9(14)6-8/h3-7,12,17H,1-2H3. The largest absolute Gasteiger partial charge is 0.480 e. The van der Waals surface area contributed by atoms with Crippen LogP contribution in [0.4, 0.5) is 0 Å². The van der Waals surface area contributed by atoms with E-state index in [0.717, 1.165) is 9.13 Å². The first-order chi connectivity index (χ1) is 9.15. The third kappa shape index (κ3) is 3.13. The summed E-state index contributed by atoms with van der Waals surface area (Å²) in [5.74, 6) is 0.598. The number of benzene rings is 1. The minimum absolute atomic E-state index is 0.255. The number of hydrogen-bond donors (Lipinski definition) is 1. The highest BCUT2D eigenvalue weighted by Crippen LogP contribution is 2.28. The molecule has 100 valence electrons. The van der Waals surface area contributed by atoms with Gasteiger partial charge in [-0.25, -0.2) is 4.98 Å². The van der Waals surface area contributed by atoms with Crippen LogP contribution in [0.5, 0.6) is 11.8 Å². The Labute approximate surface area is 124 Å². The quantitative estimate of drug-likeness (QED) is 0.834. The second-order valence-electron chi connectivity index (χ2n) is 3.76. The number of aliphatic hydroxyl groups is 1. The average molecular weight is 372 g/mol. The van der Waals surface area contributed by atoms with E-state index in [0.29, 0.717) is 11.6 Å².